The van der Waals surface area contributed by atoms with Gasteiger partial charge in [-0.2, -0.15) is 10.1 Å². The molecule has 1 N–H and O–H groups in total. The van der Waals surface area contributed by atoms with Crippen LogP contribution in [0, 0.1) is 5.82 Å². The second-order valence-corrected chi connectivity index (χ2v) is 6.28. The second kappa shape index (κ2) is 7.94. The van der Waals surface area contributed by atoms with E-state index >= 15 is 0 Å². The number of anilines is 3. The number of nitrogens with zero attached hydrogens (tertiary/aromatic N) is 6. The minimum absolute atomic E-state index is 0.189. The highest BCUT2D eigenvalue weighted by Crippen LogP contribution is 2.21. The average molecular weight is 365 g/mol. The van der Waals surface area contributed by atoms with Crippen LogP contribution in [0.4, 0.5) is 21.8 Å². The Labute approximate surface area is 156 Å². The Hall–Kier alpha value is -3.29. The number of piperazine rings is 1. The first kappa shape index (κ1) is 17.1. The van der Waals surface area contributed by atoms with Gasteiger partial charge in [-0.1, -0.05) is 12.1 Å². The summed E-state index contributed by atoms with van der Waals surface area (Å²) in [5.41, 5.74) is 1.76. The van der Waals surface area contributed by atoms with Crippen LogP contribution in [0.2, 0.25) is 0 Å². The van der Waals surface area contributed by atoms with E-state index in [-0.39, 0.29) is 5.82 Å². The molecule has 0 amide bonds. The van der Waals surface area contributed by atoms with Crippen LogP contribution in [-0.2, 0) is 6.54 Å². The second-order valence-electron chi connectivity index (χ2n) is 6.28. The Morgan fingerprint density at radius 3 is 2.48 bits per heavy atom. The number of halogens is 1. The maximum Gasteiger partial charge on any atom is 0.247 e. The normalized spacial score (nSPS) is 14.3. The molecule has 1 fully saturated rings. The lowest BCUT2D eigenvalue weighted by molar-refractivity contribution is 0.592. The number of pyridine rings is 1. The summed E-state index contributed by atoms with van der Waals surface area (Å²) in [6.45, 7) is 3.48. The van der Waals surface area contributed by atoms with E-state index in [0.717, 1.165) is 5.56 Å². The summed E-state index contributed by atoms with van der Waals surface area (Å²) in [5.74, 6) is 1.07. The molecule has 138 valence electrons. The fraction of sp³-hybridized carbons (Fsp3) is 0.263. The molecule has 3 heterocycles. The Balaban J connectivity index is 1.38. The van der Waals surface area contributed by atoms with Gasteiger partial charge in [0.15, 0.2) is 5.82 Å². The summed E-state index contributed by atoms with van der Waals surface area (Å²) < 4.78 is 14.0. The van der Waals surface area contributed by atoms with Crippen LogP contribution < -0.4 is 15.1 Å². The van der Waals surface area contributed by atoms with Gasteiger partial charge in [-0.3, -0.25) is 4.98 Å². The molecule has 8 heteroatoms. The van der Waals surface area contributed by atoms with E-state index in [0.29, 0.717) is 50.2 Å². The number of aromatic nitrogens is 4. The van der Waals surface area contributed by atoms with Crippen LogP contribution in [0.25, 0.3) is 0 Å². The molecule has 0 aliphatic carbocycles. The number of rotatable bonds is 5. The summed E-state index contributed by atoms with van der Waals surface area (Å²) in [6.07, 6.45) is 5.13. The molecule has 0 bridgehead atoms. The summed E-state index contributed by atoms with van der Waals surface area (Å²) in [5, 5.41) is 11.5. The predicted molar refractivity (Wildman–Crippen MR) is 102 cm³/mol. The molecule has 3 aromatic rings. The van der Waals surface area contributed by atoms with Gasteiger partial charge in [0.05, 0.1) is 11.9 Å². The molecular formula is C19H20FN7. The summed E-state index contributed by atoms with van der Waals surface area (Å²) in [6, 6.07) is 10.8. The van der Waals surface area contributed by atoms with E-state index in [1.165, 1.54) is 6.07 Å². The van der Waals surface area contributed by atoms with Crippen LogP contribution in [0.15, 0.2) is 55.0 Å². The third-order valence-electron chi connectivity index (χ3n) is 4.53. The molecule has 1 aromatic carbocycles. The lowest BCUT2D eigenvalue weighted by Crippen LogP contribution is -2.47. The molecule has 0 unspecified atom stereocenters. The highest BCUT2D eigenvalue weighted by atomic mass is 19.1. The zero-order valence-electron chi connectivity index (χ0n) is 14.8. The van der Waals surface area contributed by atoms with Crippen molar-refractivity contribution in [3.8, 4) is 0 Å². The van der Waals surface area contributed by atoms with Crippen molar-refractivity contribution in [2.24, 2.45) is 0 Å². The SMILES string of the molecule is Fc1ccccc1N1CCN(c2nncc(NCc3ccncc3)n2)CC1. The molecule has 2 aromatic heterocycles. The van der Waals surface area contributed by atoms with Gasteiger partial charge in [0.1, 0.15) is 5.82 Å². The van der Waals surface area contributed by atoms with Crippen LogP contribution in [-0.4, -0.2) is 46.3 Å². The Kier molecular flexibility index (Phi) is 5.04. The lowest BCUT2D eigenvalue weighted by Gasteiger charge is -2.36. The maximum atomic E-state index is 14.0. The number of hydrogen-bond acceptors (Lipinski definition) is 7. The standard InChI is InChI=1S/C19H20FN7/c20-16-3-1-2-4-17(16)26-9-11-27(12-10-26)19-24-18(14-23-25-19)22-13-15-5-7-21-8-6-15/h1-8,14H,9-13H2,(H,22,24,25). The molecule has 27 heavy (non-hydrogen) atoms. The molecule has 0 saturated carbocycles. The number of hydrogen-bond donors (Lipinski definition) is 1. The zero-order valence-corrected chi connectivity index (χ0v) is 14.8. The largest absolute Gasteiger partial charge is 0.366 e. The third-order valence-corrected chi connectivity index (χ3v) is 4.53. The minimum atomic E-state index is -0.189. The first-order valence-corrected chi connectivity index (χ1v) is 8.86. The first-order chi connectivity index (χ1) is 13.3. The number of benzene rings is 1. The fourth-order valence-corrected chi connectivity index (χ4v) is 3.06. The van der Waals surface area contributed by atoms with Crippen molar-refractivity contribution in [1.82, 2.24) is 20.2 Å². The van der Waals surface area contributed by atoms with Crippen LogP contribution in [0.3, 0.4) is 0 Å². The van der Waals surface area contributed by atoms with Gasteiger partial charge < -0.3 is 15.1 Å². The van der Waals surface area contributed by atoms with Gasteiger partial charge in [-0.15, -0.1) is 5.10 Å². The van der Waals surface area contributed by atoms with Gasteiger partial charge in [-0.25, -0.2) is 4.39 Å². The molecule has 1 saturated heterocycles. The van der Waals surface area contributed by atoms with E-state index in [9.17, 15) is 4.39 Å². The average Bonchev–Trinajstić information content (AvgIpc) is 2.74. The predicted octanol–water partition coefficient (Wildman–Crippen LogP) is 2.34. The zero-order chi connectivity index (χ0) is 18.5. The highest BCUT2D eigenvalue weighted by Gasteiger charge is 2.21. The number of nitrogens with one attached hydrogen (secondary N) is 1. The van der Waals surface area contributed by atoms with Crippen molar-refractivity contribution < 1.29 is 4.39 Å². The van der Waals surface area contributed by atoms with E-state index in [2.05, 4.69) is 30.4 Å². The molecular weight excluding hydrogens is 345 g/mol. The van der Waals surface area contributed by atoms with Crippen molar-refractivity contribution in [3.05, 3.63) is 66.4 Å². The molecule has 0 radical (unpaired) electrons. The topological polar surface area (TPSA) is 70.1 Å². The van der Waals surface area contributed by atoms with Gasteiger partial charge in [0, 0.05) is 45.1 Å². The van der Waals surface area contributed by atoms with Crippen molar-refractivity contribution in [3.63, 3.8) is 0 Å². The first-order valence-electron chi connectivity index (χ1n) is 8.86. The molecule has 1 aliphatic rings. The van der Waals surface area contributed by atoms with Gasteiger partial charge in [0.2, 0.25) is 5.95 Å². The lowest BCUT2D eigenvalue weighted by atomic mass is 10.2. The molecule has 7 nitrogen and oxygen atoms in total. The van der Waals surface area contributed by atoms with Gasteiger partial charge in [-0.05, 0) is 29.8 Å². The van der Waals surface area contributed by atoms with E-state index in [1.54, 1.807) is 24.7 Å². The van der Waals surface area contributed by atoms with Crippen molar-refractivity contribution in [2.45, 2.75) is 6.54 Å². The highest BCUT2D eigenvalue weighted by molar-refractivity contribution is 5.50. The van der Waals surface area contributed by atoms with Crippen molar-refractivity contribution in [1.29, 1.82) is 0 Å². The smallest absolute Gasteiger partial charge is 0.247 e. The third kappa shape index (κ3) is 4.11. The van der Waals surface area contributed by atoms with Crippen molar-refractivity contribution >= 4 is 17.5 Å². The van der Waals surface area contributed by atoms with Crippen LogP contribution >= 0.6 is 0 Å². The monoisotopic (exact) mass is 365 g/mol. The van der Waals surface area contributed by atoms with E-state index < -0.39 is 0 Å². The van der Waals surface area contributed by atoms with Crippen LogP contribution in [0.5, 0.6) is 0 Å². The fourth-order valence-electron chi connectivity index (χ4n) is 3.06. The minimum Gasteiger partial charge on any atom is -0.366 e. The molecule has 1 aliphatic heterocycles. The Morgan fingerprint density at radius 1 is 0.963 bits per heavy atom. The molecule has 0 atom stereocenters. The summed E-state index contributed by atoms with van der Waals surface area (Å²) in [7, 11) is 0. The summed E-state index contributed by atoms with van der Waals surface area (Å²) in [4.78, 5) is 12.7. The maximum absolute atomic E-state index is 14.0. The summed E-state index contributed by atoms with van der Waals surface area (Å²) >= 11 is 0. The Bertz CT molecular complexity index is 882. The van der Waals surface area contributed by atoms with Crippen LogP contribution in [0.1, 0.15) is 5.56 Å². The molecule has 0 spiro atoms. The Morgan fingerprint density at radius 2 is 1.70 bits per heavy atom. The van der Waals surface area contributed by atoms with E-state index in [4.69, 9.17) is 0 Å². The van der Waals surface area contributed by atoms with E-state index in [1.807, 2.05) is 29.2 Å². The van der Waals surface area contributed by atoms with Crippen molar-refractivity contribution in [2.75, 3.05) is 41.3 Å². The van der Waals surface area contributed by atoms with Gasteiger partial charge >= 0.3 is 0 Å². The number of para-hydroxylation sites is 1. The molecule has 4 rings (SSSR count). The van der Waals surface area contributed by atoms with Gasteiger partial charge in [0.25, 0.3) is 0 Å². The quantitative estimate of drug-likeness (QED) is 0.744.